The van der Waals surface area contributed by atoms with Crippen molar-refractivity contribution >= 4 is 6.09 Å². The lowest BCUT2D eigenvalue weighted by Crippen LogP contribution is -2.39. The molecule has 2 rings (SSSR count). The van der Waals surface area contributed by atoms with Crippen molar-refractivity contribution in [3.8, 4) is 0 Å². The number of alkyl carbamates (subject to hydrolysis) is 1. The average molecular weight is 184 g/mol. The van der Waals surface area contributed by atoms with Crippen LogP contribution in [0.5, 0.6) is 0 Å². The molecule has 0 aromatic heterocycles. The Balaban J connectivity index is 1.64. The van der Waals surface area contributed by atoms with Crippen LogP contribution in [0, 0.1) is 0 Å². The number of rotatable bonds is 2. The number of hydrogen-bond donors (Lipinski definition) is 2. The fraction of sp³-hybridized carbons (Fsp3) is 0.889. The Kier molecular flexibility index (Phi) is 2.68. The Labute approximate surface area is 78.0 Å². The molecule has 0 spiro atoms. The van der Waals surface area contributed by atoms with Crippen molar-refractivity contribution in [3.05, 3.63) is 0 Å². The maximum absolute atomic E-state index is 11.2. The highest BCUT2D eigenvalue weighted by Crippen LogP contribution is 2.21. The number of amides is 1. The van der Waals surface area contributed by atoms with Crippen molar-refractivity contribution in [2.24, 2.45) is 0 Å². The molecular formula is C9H16N2O2. The number of carbonyl (C=O) groups excluding carboxylic acids is 1. The molecule has 1 aliphatic heterocycles. The smallest absolute Gasteiger partial charge is 0.407 e. The van der Waals surface area contributed by atoms with Gasteiger partial charge < -0.3 is 15.4 Å². The number of ether oxygens (including phenoxy) is 1. The monoisotopic (exact) mass is 184 g/mol. The second-order valence-electron chi connectivity index (χ2n) is 3.79. The van der Waals surface area contributed by atoms with Gasteiger partial charge in [0.1, 0.15) is 6.10 Å². The van der Waals surface area contributed by atoms with Gasteiger partial charge in [0.05, 0.1) is 0 Å². The van der Waals surface area contributed by atoms with Crippen LogP contribution in [-0.4, -0.2) is 31.3 Å². The Bertz CT molecular complexity index is 186. The van der Waals surface area contributed by atoms with E-state index >= 15 is 0 Å². The van der Waals surface area contributed by atoms with Crippen LogP contribution in [0.25, 0.3) is 0 Å². The van der Waals surface area contributed by atoms with Gasteiger partial charge in [0.2, 0.25) is 0 Å². The molecule has 2 fully saturated rings. The Morgan fingerprint density at radius 3 is 2.77 bits per heavy atom. The average Bonchev–Trinajstić information content (AvgIpc) is 2.49. The summed E-state index contributed by atoms with van der Waals surface area (Å²) in [5.41, 5.74) is 0. The van der Waals surface area contributed by atoms with Gasteiger partial charge in [-0.05, 0) is 32.2 Å². The minimum atomic E-state index is -0.238. The van der Waals surface area contributed by atoms with Crippen LogP contribution in [0.15, 0.2) is 0 Å². The molecule has 4 heteroatoms. The van der Waals surface area contributed by atoms with Crippen LogP contribution in [0.2, 0.25) is 0 Å². The van der Waals surface area contributed by atoms with Crippen molar-refractivity contribution in [3.63, 3.8) is 0 Å². The predicted octanol–water partition coefficient (Wildman–Crippen LogP) is 0.627. The summed E-state index contributed by atoms with van der Waals surface area (Å²) in [6.07, 6.45) is 4.24. The lowest BCUT2D eigenvalue weighted by molar-refractivity contribution is 0.0508. The highest BCUT2D eigenvalue weighted by molar-refractivity contribution is 5.67. The van der Waals surface area contributed by atoms with E-state index in [1.54, 1.807) is 0 Å². The zero-order valence-corrected chi connectivity index (χ0v) is 7.71. The van der Waals surface area contributed by atoms with Gasteiger partial charge in [-0.15, -0.1) is 0 Å². The minimum Gasteiger partial charge on any atom is -0.446 e. The van der Waals surface area contributed by atoms with Gasteiger partial charge in [-0.3, -0.25) is 0 Å². The van der Waals surface area contributed by atoms with Crippen LogP contribution < -0.4 is 10.6 Å². The molecule has 0 unspecified atom stereocenters. The van der Waals surface area contributed by atoms with Gasteiger partial charge in [-0.2, -0.15) is 0 Å². The fourth-order valence-electron chi connectivity index (χ4n) is 1.62. The molecule has 1 saturated carbocycles. The largest absolute Gasteiger partial charge is 0.446 e. The second-order valence-corrected chi connectivity index (χ2v) is 3.79. The fourth-order valence-corrected chi connectivity index (χ4v) is 1.62. The van der Waals surface area contributed by atoms with Crippen LogP contribution in [0.4, 0.5) is 4.79 Å². The number of nitrogens with one attached hydrogen (secondary N) is 2. The Morgan fingerprint density at radius 1 is 1.38 bits per heavy atom. The summed E-state index contributed by atoms with van der Waals surface area (Å²) < 4.78 is 5.17. The van der Waals surface area contributed by atoms with E-state index < -0.39 is 0 Å². The zero-order chi connectivity index (χ0) is 9.10. The van der Waals surface area contributed by atoms with E-state index in [0.717, 1.165) is 32.4 Å². The van der Waals surface area contributed by atoms with Crippen LogP contribution in [0.3, 0.4) is 0 Å². The molecule has 1 saturated heterocycles. The summed E-state index contributed by atoms with van der Waals surface area (Å²) in [7, 11) is 0. The molecule has 1 aliphatic carbocycles. The van der Waals surface area contributed by atoms with Gasteiger partial charge in [0.15, 0.2) is 0 Å². The summed E-state index contributed by atoms with van der Waals surface area (Å²) in [6, 6.07) is 0.271. The third kappa shape index (κ3) is 2.34. The van der Waals surface area contributed by atoms with Gasteiger partial charge in [0.25, 0.3) is 0 Å². The molecule has 2 N–H and O–H groups in total. The molecule has 1 heterocycles. The molecule has 1 amide bonds. The topological polar surface area (TPSA) is 50.4 Å². The van der Waals surface area contributed by atoms with Crippen molar-refractivity contribution in [1.29, 1.82) is 0 Å². The molecule has 1 atom stereocenters. The quantitative estimate of drug-likeness (QED) is 0.661. The summed E-state index contributed by atoms with van der Waals surface area (Å²) in [4.78, 5) is 11.2. The summed E-state index contributed by atoms with van der Waals surface area (Å²) in [6.45, 7) is 1.87. The van der Waals surface area contributed by atoms with E-state index in [9.17, 15) is 4.79 Å². The first-order chi connectivity index (χ1) is 6.34. The normalized spacial score (nSPS) is 28.2. The zero-order valence-electron chi connectivity index (χ0n) is 7.71. The third-order valence-corrected chi connectivity index (χ3v) is 2.71. The van der Waals surface area contributed by atoms with Gasteiger partial charge >= 0.3 is 6.09 Å². The first-order valence-corrected chi connectivity index (χ1v) is 5.02. The molecule has 13 heavy (non-hydrogen) atoms. The van der Waals surface area contributed by atoms with Crippen molar-refractivity contribution < 1.29 is 9.53 Å². The molecule has 4 nitrogen and oxygen atoms in total. The first kappa shape index (κ1) is 8.81. The minimum absolute atomic E-state index is 0.189. The molecule has 74 valence electrons. The maximum Gasteiger partial charge on any atom is 0.407 e. The van der Waals surface area contributed by atoms with Gasteiger partial charge in [-0.1, -0.05) is 0 Å². The first-order valence-electron chi connectivity index (χ1n) is 5.02. The van der Waals surface area contributed by atoms with Gasteiger partial charge in [0, 0.05) is 12.6 Å². The summed E-state index contributed by atoms with van der Waals surface area (Å²) in [5, 5.41) is 6.04. The molecule has 2 aliphatic rings. The standard InChI is InChI=1S/C9H16N2O2/c12-9(13-8-2-1-3-8)11-7-4-5-10-6-7/h7-8,10H,1-6H2,(H,11,12)/t7-/m0/s1. The van der Waals surface area contributed by atoms with E-state index in [0.29, 0.717) is 0 Å². The molecular weight excluding hydrogens is 168 g/mol. The molecule has 0 aromatic rings. The van der Waals surface area contributed by atoms with Crippen molar-refractivity contribution in [2.75, 3.05) is 13.1 Å². The highest BCUT2D eigenvalue weighted by atomic mass is 16.6. The molecule has 0 bridgehead atoms. The SMILES string of the molecule is O=C(N[C@H]1CCNC1)OC1CCC1. The van der Waals surface area contributed by atoms with E-state index in [4.69, 9.17) is 4.74 Å². The molecule has 0 aromatic carbocycles. The Morgan fingerprint density at radius 2 is 2.23 bits per heavy atom. The van der Waals surface area contributed by atoms with E-state index in [2.05, 4.69) is 10.6 Å². The van der Waals surface area contributed by atoms with E-state index in [1.807, 2.05) is 0 Å². The number of carbonyl (C=O) groups is 1. The Hall–Kier alpha value is -0.770. The number of hydrogen-bond acceptors (Lipinski definition) is 3. The van der Waals surface area contributed by atoms with Crippen molar-refractivity contribution in [2.45, 2.75) is 37.8 Å². The highest BCUT2D eigenvalue weighted by Gasteiger charge is 2.23. The van der Waals surface area contributed by atoms with Gasteiger partial charge in [-0.25, -0.2) is 4.79 Å². The van der Waals surface area contributed by atoms with E-state index in [1.165, 1.54) is 6.42 Å². The van der Waals surface area contributed by atoms with E-state index in [-0.39, 0.29) is 18.2 Å². The predicted molar refractivity (Wildman–Crippen MR) is 48.5 cm³/mol. The maximum atomic E-state index is 11.2. The summed E-state index contributed by atoms with van der Waals surface area (Å²) >= 11 is 0. The summed E-state index contributed by atoms with van der Waals surface area (Å²) in [5.74, 6) is 0. The third-order valence-electron chi connectivity index (χ3n) is 2.71. The second kappa shape index (κ2) is 3.96. The van der Waals surface area contributed by atoms with Crippen LogP contribution >= 0.6 is 0 Å². The van der Waals surface area contributed by atoms with Crippen LogP contribution in [0.1, 0.15) is 25.7 Å². The lowest BCUT2D eigenvalue weighted by Gasteiger charge is -2.25. The van der Waals surface area contributed by atoms with Crippen LogP contribution in [-0.2, 0) is 4.74 Å². The molecule has 0 radical (unpaired) electrons. The van der Waals surface area contributed by atoms with Crippen molar-refractivity contribution in [1.82, 2.24) is 10.6 Å². The lowest BCUT2D eigenvalue weighted by atomic mass is 9.96.